The minimum Gasteiger partial charge on any atom is -0.366 e. The average Bonchev–Trinajstić information content (AvgIpc) is 2.92. The van der Waals surface area contributed by atoms with Gasteiger partial charge in [-0.15, -0.1) is 0 Å². The van der Waals surface area contributed by atoms with E-state index in [2.05, 4.69) is 10.3 Å². The molecule has 2 aromatic carbocycles. The molecule has 0 bridgehead atoms. The molecule has 0 aliphatic rings. The zero-order valence-corrected chi connectivity index (χ0v) is 11.1. The van der Waals surface area contributed by atoms with Gasteiger partial charge in [-0.3, -0.25) is 9.59 Å². The van der Waals surface area contributed by atoms with Crippen molar-refractivity contribution in [3.05, 3.63) is 65.9 Å². The number of amides is 2. The van der Waals surface area contributed by atoms with Crippen LogP contribution < -0.4 is 11.1 Å². The second-order valence-corrected chi connectivity index (χ2v) is 4.67. The van der Waals surface area contributed by atoms with Crippen LogP contribution in [0, 0.1) is 0 Å². The third-order valence-electron chi connectivity index (χ3n) is 3.20. The fraction of sp³-hybridized carbons (Fsp3) is 0. The molecule has 21 heavy (non-hydrogen) atoms. The lowest BCUT2D eigenvalue weighted by molar-refractivity contribution is 0.0998. The number of nitrogens with two attached hydrogens (primary N) is 1. The van der Waals surface area contributed by atoms with E-state index in [0.29, 0.717) is 16.9 Å². The van der Waals surface area contributed by atoms with Crippen molar-refractivity contribution in [1.82, 2.24) is 4.98 Å². The number of nitrogens with one attached hydrogen (secondary N) is 2. The molecule has 0 saturated carbocycles. The molecule has 5 nitrogen and oxygen atoms in total. The number of primary amides is 1. The van der Waals surface area contributed by atoms with E-state index in [1.165, 1.54) is 0 Å². The first kappa shape index (κ1) is 12.9. The van der Waals surface area contributed by atoms with Crippen LogP contribution in [-0.4, -0.2) is 16.8 Å². The summed E-state index contributed by atoms with van der Waals surface area (Å²) in [4.78, 5) is 26.2. The number of hydrogen-bond donors (Lipinski definition) is 3. The Morgan fingerprint density at radius 2 is 1.71 bits per heavy atom. The summed E-state index contributed by atoms with van der Waals surface area (Å²) in [5, 5.41) is 3.74. The third-order valence-corrected chi connectivity index (χ3v) is 3.20. The summed E-state index contributed by atoms with van der Waals surface area (Å²) in [6.45, 7) is 0. The van der Waals surface area contributed by atoms with Gasteiger partial charge in [-0.2, -0.15) is 0 Å². The van der Waals surface area contributed by atoms with Crippen molar-refractivity contribution in [3.63, 3.8) is 0 Å². The number of carbonyl (C=O) groups is 2. The Morgan fingerprint density at radius 3 is 2.38 bits per heavy atom. The summed E-state index contributed by atoms with van der Waals surface area (Å²) in [5.74, 6) is -0.735. The largest absolute Gasteiger partial charge is 0.366 e. The van der Waals surface area contributed by atoms with Crippen LogP contribution in [0.1, 0.15) is 20.8 Å². The lowest BCUT2D eigenvalue weighted by Crippen LogP contribution is -2.13. The molecule has 0 spiro atoms. The van der Waals surface area contributed by atoms with Crippen LogP contribution in [-0.2, 0) is 0 Å². The van der Waals surface area contributed by atoms with Gasteiger partial charge in [-0.25, -0.2) is 0 Å². The molecule has 0 saturated heterocycles. The first-order chi connectivity index (χ1) is 10.1. The van der Waals surface area contributed by atoms with Crippen molar-refractivity contribution in [1.29, 1.82) is 0 Å². The Hall–Kier alpha value is -3.08. The summed E-state index contributed by atoms with van der Waals surface area (Å²) < 4.78 is 0. The Bertz CT molecular complexity index is 786. The smallest absolute Gasteiger partial charge is 0.272 e. The van der Waals surface area contributed by atoms with Crippen LogP contribution in [0.15, 0.2) is 54.6 Å². The van der Waals surface area contributed by atoms with Crippen molar-refractivity contribution in [2.45, 2.75) is 0 Å². The number of carbonyl (C=O) groups excluding carboxylic acids is 2. The van der Waals surface area contributed by atoms with E-state index in [1.54, 1.807) is 30.3 Å². The molecule has 3 aromatic rings. The highest BCUT2D eigenvalue weighted by Crippen LogP contribution is 2.16. The monoisotopic (exact) mass is 279 g/mol. The Kier molecular flexibility index (Phi) is 3.16. The molecule has 0 atom stereocenters. The van der Waals surface area contributed by atoms with E-state index in [1.807, 2.05) is 24.3 Å². The number of anilines is 1. The van der Waals surface area contributed by atoms with Gasteiger partial charge in [0.2, 0.25) is 5.91 Å². The topological polar surface area (TPSA) is 88.0 Å². The van der Waals surface area contributed by atoms with E-state index in [4.69, 9.17) is 5.73 Å². The number of aromatic amines is 1. The average molecular weight is 279 g/mol. The van der Waals surface area contributed by atoms with Gasteiger partial charge in [0.25, 0.3) is 5.91 Å². The van der Waals surface area contributed by atoms with E-state index >= 15 is 0 Å². The zero-order valence-electron chi connectivity index (χ0n) is 11.1. The zero-order chi connectivity index (χ0) is 14.8. The van der Waals surface area contributed by atoms with Crippen LogP contribution >= 0.6 is 0 Å². The first-order valence-electron chi connectivity index (χ1n) is 6.42. The molecule has 1 aromatic heterocycles. The maximum atomic E-state index is 12.2. The SMILES string of the molecule is NC(=O)c1ccc(NC(=O)c2cc3ccccc3[nH]2)cc1. The molecule has 3 rings (SSSR count). The minimum absolute atomic E-state index is 0.238. The normalized spacial score (nSPS) is 10.5. The van der Waals surface area contributed by atoms with Gasteiger partial charge in [-0.1, -0.05) is 18.2 Å². The number of fused-ring (bicyclic) bond motifs is 1. The molecule has 0 fully saturated rings. The molecular formula is C16H13N3O2. The predicted molar refractivity (Wildman–Crippen MR) is 81.2 cm³/mol. The number of H-pyrrole nitrogens is 1. The fourth-order valence-corrected chi connectivity index (χ4v) is 2.11. The second-order valence-electron chi connectivity index (χ2n) is 4.67. The quantitative estimate of drug-likeness (QED) is 0.687. The lowest BCUT2D eigenvalue weighted by atomic mass is 10.2. The van der Waals surface area contributed by atoms with Crippen molar-refractivity contribution < 1.29 is 9.59 Å². The van der Waals surface area contributed by atoms with Gasteiger partial charge in [0.1, 0.15) is 5.69 Å². The summed E-state index contributed by atoms with van der Waals surface area (Å²) >= 11 is 0. The maximum absolute atomic E-state index is 12.2. The van der Waals surface area contributed by atoms with Gasteiger partial charge in [-0.05, 0) is 36.4 Å². The third kappa shape index (κ3) is 2.62. The van der Waals surface area contributed by atoms with E-state index in [0.717, 1.165) is 10.9 Å². The predicted octanol–water partition coefficient (Wildman–Crippen LogP) is 2.52. The molecule has 4 N–H and O–H groups in total. The number of para-hydroxylation sites is 1. The van der Waals surface area contributed by atoms with E-state index < -0.39 is 5.91 Å². The highest BCUT2D eigenvalue weighted by Gasteiger charge is 2.09. The molecule has 0 aliphatic carbocycles. The molecule has 2 amide bonds. The number of rotatable bonds is 3. The lowest BCUT2D eigenvalue weighted by Gasteiger charge is -2.04. The standard InChI is InChI=1S/C16H13N3O2/c17-15(20)10-5-7-12(8-6-10)18-16(21)14-9-11-3-1-2-4-13(11)19-14/h1-9,19H,(H2,17,20)(H,18,21). The molecular weight excluding hydrogens is 266 g/mol. The number of benzene rings is 2. The molecule has 104 valence electrons. The van der Waals surface area contributed by atoms with Crippen molar-refractivity contribution in [3.8, 4) is 0 Å². The summed E-state index contributed by atoms with van der Waals surface area (Å²) in [5.41, 5.74) is 7.56. The van der Waals surface area contributed by atoms with Crippen LogP contribution in [0.2, 0.25) is 0 Å². The Balaban J connectivity index is 1.80. The summed E-state index contributed by atoms with van der Waals surface area (Å²) in [7, 11) is 0. The summed E-state index contributed by atoms with van der Waals surface area (Å²) in [6, 6.07) is 15.9. The first-order valence-corrected chi connectivity index (χ1v) is 6.42. The molecule has 5 heteroatoms. The van der Waals surface area contributed by atoms with E-state index in [9.17, 15) is 9.59 Å². The van der Waals surface area contributed by atoms with E-state index in [-0.39, 0.29) is 5.91 Å². The molecule has 0 radical (unpaired) electrons. The van der Waals surface area contributed by atoms with Crippen molar-refractivity contribution in [2.75, 3.05) is 5.32 Å². The van der Waals surface area contributed by atoms with Crippen LogP contribution in [0.3, 0.4) is 0 Å². The van der Waals surface area contributed by atoms with Crippen LogP contribution in [0.5, 0.6) is 0 Å². The summed E-state index contributed by atoms with van der Waals surface area (Å²) in [6.07, 6.45) is 0. The second kappa shape index (κ2) is 5.13. The number of hydrogen-bond acceptors (Lipinski definition) is 2. The maximum Gasteiger partial charge on any atom is 0.272 e. The Morgan fingerprint density at radius 1 is 1.00 bits per heavy atom. The van der Waals surface area contributed by atoms with Gasteiger partial charge < -0.3 is 16.0 Å². The highest BCUT2D eigenvalue weighted by atomic mass is 16.2. The number of aromatic nitrogens is 1. The van der Waals surface area contributed by atoms with Crippen LogP contribution in [0.4, 0.5) is 5.69 Å². The van der Waals surface area contributed by atoms with Gasteiger partial charge in [0, 0.05) is 22.2 Å². The van der Waals surface area contributed by atoms with Crippen molar-refractivity contribution >= 4 is 28.4 Å². The minimum atomic E-state index is -0.497. The van der Waals surface area contributed by atoms with Gasteiger partial charge in [0.05, 0.1) is 0 Å². The van der Waals surface area contributed by atoms with Crippen molar-refractivity contribution in [2.24, 2.45) is 5.73 Å². The van der Waals surface area contributed by atoms with Gasteiger partial charge >= 0.3 is 0 Å². The molecule has 0 aliphatic heterocycles. The molecule has 0 unspecified atom stereocenters. The highest BCUT2D eigenvalue weighted by molar-refractivity contribution is 6.06. The van der Waals surface area contributed by atoms with Crippen LogP contribution in [0.25, 0.3) is 10.9 Å². The molecule has 1 heterocycles. The van der Waals surface area contributed by atoms with Gasteiger partial charge in [0.15, 0.2) is 0 Å². The Labute approximate surface area is 120 Å². The fourth-order valence-electron chi connectivity index (χ4n) is 2.11.